The van der Waals surface area contributed by atoms with E-state index in [1.807, 2.05) is 27.8 Å². The number of carbonyl (C=O) groups is 1. The summed E-state index contributed by atoms with van der Waals surface area (Å²) >= 11 is 0. The molecule has 0 aromatic heterocycles. The normalized spacial score (nSPS) is 11.4. The van der Waals surface area contributed by atoms with E-state index in [-0.39, 0.29) is 12.6 Å². The van der Waals surface area contributed by atoms with E-state index in [2.05, 4.69) is 5.32 Å². The Morgan fingerprint density at radius 2 is 2.00 bits per heavy atom. The first-order valence-electron chi connectivity index (χ1n) is 4.90. The predicted molar refractivity (Wildman–Crippen MR) is 55.2 cm³/mol. The average molecular weight is 203 g/mol. The minimum atomic E-state index is -0.425. The molecule has 0 atom stereocenters. The molecule has 0 aliphatic heterocycles. The molecular weight excluding hydrogens is 182 g/mol. The second kappa shape index (κ2) is 6.79. The third-order valence-electron chi connectivity index (χ3n) is 1.36. The molecule has 4 heteroatoms. The molecule has 0 aromatic carbocycles. The van der Waals surface area contributed by atoms with Crippen molar-refractivity contribution in [3.8, 4) is 0 Å². The SMILES string of the molecule is CNCCCOCC(=O)OC(C)(C)C. The van der Waals surface area contributed by atoms with E-state index >= 15 is 0 Å². The Labute approximate surface area is 86.0 Å². The van der Waals surface area contributed by atoms with Gasteiger partial charge >= 0.3 is 5.97 Å². The Morgan fingerprint density at radius 1 is 1.36 bits per heavy atom. The van der Waals surface area contributed by atoms with E-state index < -0.39 is 5.60 Å². The van der Waals surface area contributed by atoms with Crippen molar-refractivity contribution < 1.29 is 14.3 Å². The standard InChI is InChI=1S/C10H21NO3/c1-10(2,3)14-9(12)8-13-7-5-6-11-4/h11H,5-8H2,1-4H3. The topological polar surface area (TPSA) is 47.6 Å². The van der Waals surface area contributed by atoms with Gasteiger partial charge in [0.05, 0.1) is 0 Å². The van der Waals surface area contributed by atoms with Gasteiger partial charge in [-0.05, 0) is 40.8 Å². The minimum Gasteiger partial charge on any atom is -0.458 e. The van der Waals surface area contributed by atoms with Crippen LogP contribution in [0.25, 0.3) is 0 Å². The molecule has 0 saturated heterocycles. The zero-order valence-electron chi connectivity index (χ0n) is 9.55. The minimum absolute atomic E-state index is 0.0426. The van der Waals surface area contributed by atoms with Crippen LogP contribution in [-0.2, 0) is 14.3 Å². The molecule has 0 aliphatic rings. The third kappa shape index (κ3) is 9.48. The Hall–Kier alpha value is -0.610. The predicted octanol–water partition coefficient (Wildman–Crippen LogP) is 0.954. The van der Waals surface area contributed by atoms with Crippen LogP contribution in [-0.4, -0.2) is 38.4 Å². The van der Waals surface area contributed by atoms with Gasteiger partial charge in [0.2, 0.25) is 0 Å². The first kappa shape index (κ1) is 13.4. The summed E-state index contributed by atoms with van der Waals surface area (Å²) in [5, 5.41) is 3.00. The highest BCUT2D eigenvalue weighted by Gasteiger charge is 2.15. The lowest BCUT2D eigenvalue weighted by atomic mass is 10.2. The summed E-state index contributed by atoms with van der Waals surface area (Å²) in [5.74, 6) is -0.304. The van der Waals surface area contributed by atoms with Crippen LogP contribution in [0.5, 0.6) is 0 Å². The van der Waals surface area contributed by atoms with Gasteiger partial charge in [-0.3, -0.25) is 0 Å². The Kier molecular flexibility index (Phi) is 6.49. The maximum absolute atomic E-state index is 11.1. The van der Waals surface area contributed by atoms with Crippen LogP contribution < -0.4 is 5.32 Å². The highest BCUT2D eigenvalue weighted by molar-refractivity contribution is 5.71. The molecule has 0 radical (unpaired) electrons. The number of hydrogen-bond acceptors (Lipinski definition) is 4. The number of nitrogens with one attached hydrogen (secondary N) is 1. The van der Waals surface area contributed by atoms with Crippen LogP contribution in [0.4, 0.5) is 0 Å². The van der Waals surface area contributed by atoms with Gasteiger partial charge in [-0.15, -0.1) is 0 Å². The summed E-state index contributed by atoms with van der Waals surface area (Å²) in [6.07, 6.45) is 0.902. The fourth-order valence-electron chi connectivity index (χ4n) is 0.877. The summed E-state index contributed by atoms with van der Waals surface area (Å²) in [5.41, 5.74) is -0.425. The fraction of sp³-hybridized carbons (Fsp3) is 0.900. The molecule has 84 valence electrons. The number of rotatable bonds is 6. The molecule has 0 unspecified atom stereocenters. The quantitative estimate of drug-likeness (QED) is 0.516. The van der Waals surface area contributed by atoms with Gasteiger partial charge in [0.15, 0.2) is 0 Å². The zero-order chi connectivity index (χ0) is 11.0. The van der Waals surface area contributed by atoms with Gasteiger partial charge in [-0.25, -0.2) is 4.79 Å². The Bertz CT molecular complexity index is 163. The van der Waals surface area contributed by atoms with Crippen LogP contribution in [0.1, 0.15) is 27.2 Å². The summed E-state index contributed by atoms with van der Waals surface area (Å²) in [6.45, 7) is 7.04. The van der Waals surface area contributed by atoms with E-state index in [1.165, 1.54) is 0 Å². The zero-order valence-corrected chi connectivity index (χ0v) is 9.55. The summed E-state index contributed by atoms with van der Waals surface area (Å²) in [6, 6.07) is 0. The molecule has 0 saturated carbocycles. The number of carbonyl (C=O) groups excluding carboxylic acids is 1. The first-order valence-corrected chi connectivity index (χ1v) is 4.90. The molecule has 0 rings (SSSR count). The highest BCUT2D eigenvalue weighted by atomic mass is 16.6. The van der Waals surface area contributed by atoms with Crippen LogP contribution >= 0.6 is 0 Å². The van der Waals surface area contributed by atoms with Crippen molar-refractivity contribution in [2.24, 2.45) is 0 Å². The van der Waals surface area contributed by atoms with Crippen molar-refractivity contribution in [3.63, 3.8) is 0 Å². The van der Waals surface area contributed by atoms with Crippen molar-refractivity contribution >= 4 is 5.97 Å². The molecule has 1 N–H and O–H groups in total. The van der Waals surface area contributed by atoms with Gasteiger partial charge in [0, 0.05) is 6.61 Å². The average Bonchev–Trinajstić information content (AvgIpc) is 2.00. The Morgan fingerprint density at radius 3 is 2.50 bits per heavy atom. The molecular formula is C10H21NO3. The van der Waals surface area contributed by atoms with Crippen LogP contribution in [0.15, 0.2) is 0 Å². The lowest BCUT2D eigenvalue weighted by Crippen LogP contribution is -2.26. The summed E-state index contributed by atoms with van der Waals surface area (Å²) < 4.78 is 10.2. The molecule has 0 aromatic rings. The molecule has 0 bridgehead atoms. The van der Waals surface area contributed by atoms with E-state index in [4.69, 9.17) is 9.47 Å². The monoisotopic (exact) mass is 203 g/mol. The van der Waals surface area contributed by atoms with Crippen molar-refractivity contribution in [1.29, 1.82) is 0 Å². The number of esters is 1. The molecule has 0 amide bonds. The molecule has 0 heterocycles. The van der Waals surface area contributed by atoms with Gasteiger partial charge in [-0.2, -0.15) is 0 Å². The second-order valence-corrected chi connectivity index (χ2v) is 4.10. The van der Waals surface area contributed by atoms with E-state index in [1.54, 1.807) is 0 Å². The van der Waals surface area contributed by atoms with Crippen LogP contribution in [0.3, 0.4) is 0 Å². The van der Waals surface area contributed by atoms with Gasteiger partial charge in [0.25, 0.3) is 0 Å². The molecule has 4 nitrogen and oxygen atoms in total. The van der Waals surface area contributed by atoms with Gasteiger partial charge < -0.3 is 14.8 Å². The first-order chi connectivity index (χ1) is 6.45. The van der Waals surface area contributed by atoms with Crippen molar-refractivity contribution in [1.82, 2.24) is 5.32 Å². The molecule has 0 fully saturated rings. The van der Waals surface area contributed by atoms with Gasteiger partial charge in [-0.1, -0.05) is 0 Å². The van der Waals surface area contributed by atoms with E-state index in [9.17, 15) is 4.79 Å². The van der Waals surface area contributed by atoms with Crippen molar-refractivity contribution in [2.45, 2.75) is 32.8 Å². The number of hydrogen-bond donors (Lipinski definition) is 1. The van der Waals surface area contributed by atoms with Crippen LogP contribution in [0.2, 0.25) is 0 Å². The maximum Gasteiger partial charge on any atom is 0.332 e. The molecule has 14 heavy (non-hydrogen) atoms. The second-order valence-electron chi connectivity index (χ2n) is 4.10. The van der Waals surface area contributed by atoms with E-state index in [0.29, 0.717) is 6.61 Å². The lowest BCUT2D eigenvalue weighted by molar-refractivity contribution is -0.160. The fourth-order valence-corrected chi connectivity index (χ4v) is 0.877. The van der Waals surface area contributed by atoms with E-state index in [0.717, 1.165) is 13.0 Å². The van der Waals surface area contributed by atoms with Crippen molar-refractivity contribution in [2.75, 3.05) is 26.8 Å². The van der Waals surface area contributed by atoms with Gasteiger partial charge in [0.1, 0.15) is 12.2 Å². The molecule has 0 spiro atoms. The lowest BCUT2D eigenvalue weighted by Gasteiger charge is -2.19. The maximum atomic E-state index is 11.1. The smallest absolute Gasteiger partial charge is 0.332 e. The largest absolute Gasteiger partial charge is 0.458 e. The molecule has 0 aliphatic carbocycles. The summed E-state index contributed by atoms with van der Waals surface area (Å²) in [7, 11) is 1.88. The van der Waals surface area contributed by atoms with Crippen molar-refractivity contribution in [3.05, 3.63) is 0 Å². The van der Waals surface area contributed by atoms with Crippen LogP contribution in [0, 0.1) is 0 Å². The Balaban J connectivity index is 3.36. The number of ether oxygens (including phenoxy) is 2. The third-order valence-corrected chi connectivity index (χ3v) is 1.36. The highest BCUT2D eigenvalue weighted by Crippen LogP contribution is 2.06. The summed E-state index contributed by atoms with van der Waals surface area (Å²) in [4.78, 5) is 11.1.